The minimum Gasteiger partial charge on any atom is -0.355 e. The smallest absolute Gasteiger partial charge is 0.230 e. The van der Waals surface area contributed by atoms with Gasteiger partial charge in [0.25, 0.3) is 0 Å². The summed E-state index contributed by atoms with van der Waals surface area (Å²) in [7, 11) is 0. The van der Waals surface area contributed by atoms with E-state index in [0.29, 0.717) is 16.8 Å². The van der Waals surface area contributed by atoms with Crippen LogP contribution in [-0.4, -0.2) is 33.4 Å². The van der Waals surface area contributed by atoms with Gasteiger partial charge in [-0.1, -0.05) is 74.7 Å². The van der Waals surface area contributed by atoms with Crippen molar-refractivity contribution >= 4 is 17.7 Å². The maximum absolute atomic E-state index is 12.0. The number of carbonyl (C=O) groups is 1. The second kappa shape index (κ2) is 10.2. The number of rotatable bonds is 10. The van der Waals surface area contributed by atoms with Crippen LogP contribution in [0.2, 0.25) is 0 Å². The van der Waals surface area contributed by atoms with Gasteiger partial charge >= 0.3 is 0 Å². The first-order valence-corrected chi connectivity index (χ1v) is 9.99. The highest BCUT2D eigenvalue weighted by atomic mass is 32.2. The average Bonchev–Trinajstić information content (AvgIpc) is 3.10. The lowest BCUT2D eigenvalue weighted by Crippen LogP contribution is -2.30. The molecule has 0 unspecified atom stereocenters. The van der Waals surface area contributed by atoms with E-state index >= 15 is 0 Å². The van der Waals surface area contributed by atoms with Gasteiger partial charge in [0.05, 0.1) is 5.75 Å². The highest BCUT2D eigenvalue weighted by Crippen LogP contribution is 2.19. The number of unbranched alkanes of at least 4 members (excludes halogenated alkanes) is 1. The molecule has 25 heavy (non-hydrogen) atoms. The van der Waals surface area contributed by atoms with Gasteiger partial charge < -0.3 is 5.32 Å². The Kier molecular flexibility index (Phi) is 7.98. The maximum atomic E-state index is 12.0. The fourth-order valence-corrected chi connectivity index (χ4v) is 3.16. The van der Waals surface area contributed by atoms with Crippen LogP contribution in [0.5, 0.6) is 0 Å². The molecule has 0 aliphatic heterocycles. The van der Waals surface area contributed by atoms with Gasteiger partial charge in [-0.3, -0.25) is 9.89 Å². The summed E-state index contributed by atoms with van der Waals surface area (Å²) >= 11 is 1.36. The minimum atomic E-state index is 0.0432. The molecular formula is C19H28N4OS. The molecule has 0 radical (unpaired) electrons. The lowest BCUT2D eigenvalue weighted by molar-refractivity contribution is -0.118. The first-order valence-electron chi connectivity index (χ1n) is 9.01. The van der Waals surface area contributed by atoms with Crippen LogP contribution in [-0.2, 0) is 4.79 Å². The van der Waals surface area contributed by atoms with E-state index < -0.39 is 0 Å². The van der Waals surface area contributed by atoms with E-state index in [1.807, 2.05) is 24.3 Å². The number of nitrogens with zero attached hydrogens (tertiary/aromatic N) is 2. The van der Waals surface area contributed by atoms with Gasteiger partial charge in [0, 0.05) is 12.1 Å². The van der Waals surface area contributed by atoms with Crippen molar-refractivity contribution in [2.24, 2.45) is 5.92 Å². The molecule has 2 rings (SSSR count). The number of hydrogen-bond acceptors (Lipinski definition) is 4. The first-order chi connectivity index (χ1) is 12.1. The van der Waals surface area contributed by atoms with Crippen LogP contribution in [0.3, 0.4) is 0 Å². The summed E-state index contributed by atoms with van der Waals surface area (Å²) in [6.07, 6.45) is 4.71. The molecule has 0 aliphatic carbocycles. The Morgan fingerprint density at radius 2 is 2.04 bits per heavy atom. The van der Waals surface area contributed by atoms with Crippen LogP contribution in [0, 0.1) is 12.8 Å². The third-order valence-corrected chi connectivity index (χ3v) is 5.10. The zero-order valence-electron chi connectivity index (χ0n) is 15.3. The quantitative estimate of drug-likeness (QED) is 0.623. The molecule has 0 fully saturated rings. The molecule has 1 aromatic carbocycles. The first kappa shape index (κ1) is 19.5. The Morgan fingerprint density at radius 1 is 1.28 bits per heavy atom. The minimum absolute atomic E-state index is 0.0432. The van der Waals surface area contributed by atoms with Crippen LogP contribution in [0.1, 0.15) is 45.1 Å². The molecule has 1 amide bonds. The van der Waals surface area contributed by atoms with Crippen molar-refractivity contribution in [3.8, 4) is 11.4 Å². The summed E-state index contributed by atoms with van der Waals surface area (Å²) in [5, 5.41) is 10.8. The van der Waals surface area contributed by atoms with E-state index in [-0.39, 0.29) is 5.91 Å². The largest absolute Gasteiger partial charge is 0.355 e. The van der Waals surface area contributed by atoms with Crippen LogP contribution in [0.25, 0.3) is 11.4 Å². The second-order valence-corrected chi connectivity index (χ2v) is 7.28. The molecule has 0 saturated carbocycles. The SMILES string of the molecule is CCCC[C@H](CC)CNC(=O)CSc1n[nH]c(-c2ccc(C)cc2)n1. The number of aryl methyl sites for hydroxylation is 1. The predicted molar refractivity (Wildman–Crippen MR) is 104 cm³/mol. The molecule has 2 N–H and O–H groups in total. The summed E-state index contributed by atoms with van der Waals surface area (Å²) < 4.78 is 0. The van der Waals surface area contributed by atoms with E-state index in [9.17, 15) is 4.79 Å². The number of benzene rings is 1. The zero-order chi connectivity index (χ0) is 18.1. The number of H-pyrrole nitrogens is 1. The van der Waals surface area contributed by atoms with Crippen LogP contribution >= 0.6 is 11.8 Å². The average molecular weight is 361 g/mol. The number of nitrogens with one attached hydrogen (secondary N) is 2. The molecule has 1 atom stereocenters. The fraction of sp³-hybridized carbons (Fsp3) is 0.526. The summed E-state index contributed by atoms with van der Waals surface area (Å²) in [5.41, 5.74) is 2.20. The summed E-state index contributed by atoms with van der Waals surface area (Å²) in [6.45, 7) is 7.19. The van der Waals surface area contributed by atoms with Gasteiger partial charge in [0.1, 0.15) is 0 Å². The lowest BCUT2D eigenvalue weighted by atomic mass is 9.99. The summed E-state index contributed by atoms with van der Waals surface area (Å²) in [5.74, 6) is 1.69. The number of aromatic nitrogens is 3. The highest BCUT2D eigenvalue weighted by Gasteiger charge is 2.11. The number of carbonyl (C=O) groups excluding carboxylic acids is 1. The third kappa shape index (κ3) is 6.53. The van der Waals surface area contributed by atoms with Gasteiger partial charge in [-0.15, -0.1) is 5.10 Å². The van der Waals surface area contributed by atoms with Gasteiger partial charge in [0.2, 0.25) is 11.1 Å². The van der Waals surface area contributed by atoms with Crippen LogP contribution < -0.4 is 5.32 Å². The molecule has 2 aromatic rings. The van der Waals surface area contributed by atoms with Gasteiger partial charge in [-0.05, 0) is 19.3 Å². The molecular weight excluding hydrogens is 332 g/mol. The number of hydrogen-bond donors (Lipinski definition) is 2. The topological polar surface area (TPSA) is 70.7 Å². The lowest BCUT2D eigenvalue weighted by Gasteiger charge is -2.14. The van der Waals surface area contributed by atoms with Crippen molar-refractivity contribution in [1.29, 1.82) is 0 Å². The molecule has 6 heteroatoms. The van der Waals surface area contributed by atoms with Gasteiger partial charge in [-0.2, -0.15) is 0 Å². The predicted octanol–water partition coefficient (Wildman–Crippen LogP) is 4.20. The molecule has 0 spiro atoms. The highest BCUT2D eigenvalue weighted by molar-refractivity contribution is 7.99. The molecule has 1 aromatic heterocycles. The molecule has 1 heterocycles. The second-order valence-electron chi connectivity index (χ2n) is 6.34. The Labute approximate surface area is 154 Å². The Bertz CT molecular complexity index is 654. The monoisotopic (exact) mass is 360 g/mol. The molecule has 0 bridgehead atoms. The zero-order valence-corrected chi connectivity index (χ0v) is 16.2. The summed E-state index contributed by atoms with van der Waals surface area (Å²) in [6, 6.07) is 8.11. The maximum Gasteiger partial charge on any atom is 0.230 e. The molecule has 0 aliphatic rings. The Morgan fingerprint density at radius 3 is 2.72 bits per heavy atom. The third-order valence-electron chi connectivity index (χ3n) is 4.25. The van der Waals surface area contributed by atoms with E-state index in [1.54, 1.807) is 0 Å². The Hall–Kier alpha value is -1.82. The van der Waals surface area contributed by atoms with Crippen molar-refractivity contribution < 1.29 is 4.79 Å². The molecule has 0 saturated heterocycles. The molecule has 5 nitrogen and oxygen atoms in total. The van der Waals surface area contributed by atoms with Gasteiger partial charge in [0.15, 0.2) is 5.82 Å². The van der Waals surface area contributed by atoms with Crippen LogP contribution in [0.4, 0.5) is 0 Å². The summed E-state index contributed by atoms with van der Waals surface area (Å²) in [4.78, 5) is 16.5. The Balaban J connectivity index is 1.77. The van der Waals surface area contributed by atoms with Crippen molar-refractivity contribution in [2.45, 2.75) is 51.6 Å². The molecule has 136 valence electrons. The van der Waals surface area contributed by atoms with Crippen molar-refractivity contribution in [2.75, 3.05) is 12.3 Å². The number of thioether (sulfide) groups is 1. The normalized spacial score (nSPS) is 12.1. The standard InChI is InChI=1S/C19H28N4OS/c1-4-6-7-15(5-2)12-20-17(24)13-25-19-21-18(22-23-19)16-10-8-14(3)9-11-16/h8-11,15H,4-7,12-13H2,1-3H3,(H,20,24)(H,21,22,23)/t15-/m0/s1. The van der Waals surface area contributed by atoms with E-state index in [2.05, 4.69) is 41.3 Å². The fourth-order valence-electron chi connectivity index (χ4n) is 2.53. The van der Waals surface area contributed by atoms with E-state index in [1.165, 1.54) is 36.6 Å². The van der Waals surface area contributed by atoms with Crippen molar-refractivity contribution in [3.63, 3.8) is 0 Å². The van der Waals surface area contributed by atoms with E-state index in [4.69, 9.17) is 0 Å². The van der Waals surface area contributed by atoms with Crippen molar-refractivity contribution in [1.82, 2.24) is 20.5 Å². The number of amides is 1. The van der Waals surface area contributed by atoms with Gasteiger partial charge in [-0.25, -0.2) is 4.98 Å². The number of aromatic amines is 1. The van der Waals surface area contributed by atoms with Crippen molar-refractivity contribution in [3.05, 3.63) is 29.8 Å². The van der Waals surface area contributed by atoms with E-state index in [0.717, 1.165) is 24.4 Å². The van der Waals surface area contributed by atoms with Crippen LogP contribution in [0.15, 0.2) is 29.4 Å².